The van der Waals surface area contributed by atoms with Gasteiger partial charge >= 0.3 is 0 Å². The van der Waals surface area contributed by atoms with E-state index < -0.39 is 5.60 Å². The maximum Gasteiger partial charge on any atom is 0.0992 e. The Balaban J connectivity index is 2.35. The normalized spacial score (nSPS) is 15.1. The van der Waals surface area contributed by atoms with Gasteiger partial charge in [0.05, 0.1) is 5.60 Å². The monoisotopic (exact) mass is 250 g/mol. The predicted molar refractivity (Wildman–Crippen MR) is 76.6 cm³/mol. The van der Waals surface area contributed by atoms with Gasteiger partial charge in [0.25, 0.3) is 0 Å². The smallest absolute Gasteiger partial charge is 0.0992 e. The highest BCUT2D eigenvalue weighted by Gasteiger charge is 2.21. The largest absolute Gasteiger partial charge is 0.384 e. The number of likely N-dealkylation sites (N-methyl/N-ethyl adjacent to an activating group) is 1. The maximum absolute atomic E-state index is 10.4. The van der Waals surface area contributed by atoms with E-state index in [-0.39, 0.29) is 0 Å². The minimum Gasteiger partial charge on any atom is -0.384 e. The van der Waals surface area contributed by atoms with E-state index in [1.54, 1.807) is 0 Å². The fourth-order valence-corrected chi connectivity index (χ4v) is 1.74. The molecule has 1 rings (SSSR count). The van der Waals surface area contributed by atoms with Crippen LogP contribution in [0.1, 0.15) is 26.3 Å². The van der Waals surface area contributed by atoms with E-state index in [9.17, 15) is 5.11 Å². The average molecular weight is 250 g/mol. The first kappa shape index (κ1) is 15.2. The summed E-state index contributed by atoms with van der Waals surface area (Å²) in [7, 11) is 2.11. The highest BCUT2D eigenvalue weighted by Crippen LogP contribution is 2.18. The van der Waals surface area contributed by atoms with Gasteiger partial charge in [-0.25, -0.2) is 0 Å². The Hall–Kier alpha value is -0.900. The molecule has 1 aromatic carbocycles. The van der Waals surface area contributed by atoms with Crippen LogP contribution >= 0.6 is 0 Å². The van der Waals surface area contributed by atoms with Crippen LogP contribution in [-0.2, 0) is 5.60 Å². The molecule has 0 heterocycles. The van der Waals surface area contributed by atoms with E-state index >= 15 is 0 Å². The summed E-state index contributed by atoms with van der Waals surface area (Å²) in [6.45, 7) is 8.66. The maximum atomic E-state index is 10.4. The summed E-state index contributed by atoms with van der Waals surface area (Å²) in [5.41, 5.74) is 0.146. The number of aliphatic hydroxyl groups is 1. The first-order chi connectivity index (χ1) is 8.43. The van der Waals surface area contributed by atoms with Crippen LogP contribution in [-0.4, -0.2) is 42.7 Å². The lowest BCUT2D eigenvalue weighted by atomic mass is 9.96. The lowest BCUT2D eigenvalue weighted by Crippen LogP contribution is -2.40. The van der Waals surface area contributed by atoms with Crippen molar-refractivity contribution in [3.8, 4) is 0 Å². The Kier molecular flexibility index (Phi) is 5.79. The third-order valence-electron chi connectivity index (χ3n) is 3.39. The topological polar surface area (TPSA) is 35.5 Å². The number of rotatable bonds is 7. The van der Waals surface area contributed by atoms with Crippen molar-refractivity contribution in [1.29, 1.82) is 0 Å². The molecule has 102 valence electrons. The molecular formula is C15H26N2O. The molecule has 0 aliphatic rings. The van der Waals surface area contributed by atoms with Gasteiger partial charge < -0.3 is 15.3 Å². The number of nitrogens with zero attached hydrogens (tertiary/aromatic N) is 1. The van der Waals surface area contributed by atoms with Crippen molar-refractivity contribution in [1.82, 2.24) is 10.2 Å². The summed E-state index contributed by atoms with van der Waals surface area (Å²) < 4.78 is 0. The third-order valence-corrected chi connectivity index (χ3v) is 3.39. The molecule has 3 nitrogen and oxygen atoms in total. The highest BCUT2D eigenvalue weighted by atomic mass is 16.3. The van der Waals surface area contributed by atoms with Crippen LogP contribution in [0.3, 0.4) is 0 Å². The molecule has 1 atom stereocenters. The van der Waals surface area contributed by atoms with Crippen molar-refractivity contribution in [2.24, 2.45) is 0 Å². The lowest BCUT2D eigenvalue weighted by molar-refractivity contribution is 0.0564. The van der Waals surface area contributed by atoms with E-state index in [4.69, 9.17) is 0 Å². The van der Waals surface area contributed by atoms with E-state index in [2.05, 4.69) is 31.1 Å². The Labute approximate surface area is 111 Å². The van der Waals surface area contributed by atoms with Gasteiger partial charge in [0.2, 0.25) is 0 Å². The summed E-state index contributed by atoms with van der Waals surface area (Å²) in [5, 5.41) is 13.7. The number of hydrogen-bond acceptors (Lipinski definition) is 3. The fraction of sp³-hybridized carbons (Fsp3) is 0.600. The first-order valence-corrected chi connectivity index (χ1v) is 6.62. The molecule has 0 saturated carbocycles. The van der Waals surface area contributed by atoms with Gasteiger partial charge in [-0.15, -0.1) is 0 Å². The molecule has 0 spiro atoms. The summed E-state index contributed by atoms with van der Waals surface area (Å²) in [4.78, 5) is 2.28. The average Bonchev–Trinajstić information content (AvgIpc) is 2.35. The minimum absolute atomic E-state index is 0.557. The fourth-order valence-electron chi connectivity index (χ4n) is 1.74. The lowest BCUT2D eigenvalue weighted by Gasteiger charge is -2.26. The molecular weight excluding hydrogens is 224 g/mol. The van der Waals surface area contributed by atoms with Crippen molar-refractivity contribution in [3.05, 3.63) is 35.9 Å². The molecule has 0 radical (unpaired) electrons. The molecule has 18 heavy (non-hydrogen) atoms. The Bertz CT molecular complexity index is 336. The van der Waals surface area contributed by atoms with Crippen molar-refractivity contribution in [2.75, 3.05) is 26.7 Å². The Morgan fingerprint density at radius 3 is 2.44 bits per heavy atom. The van der Waals surface area contributed by atoms with Gasteiger partial charge in [0.1, 0.15) is 0 Å². The summed E-state index contributed by atoms with van der Waals surface area (Å²) in [6, 6.07) is 10.3. The van der Waals surface area contributed by atoms with Gasteiger partial charge in [-0.2, -0.15) is 0 Å². The van der Waals surface area contributed by atoms with Crippen LogP contribution in [0.5, 0.6) is 0 Å². The van der Waals surface area contributed by atoms with Crippen molar-refractivity contribution >= 4 is 0 Å². The van der Waals surface area contributed by atoms with Crippen molar-refractivity contribution < 1.29 is 5.11 Å². The zero-order valence-electron chi connectivity index (χ0n) is 12.0. The first-order valence-electron chi connectivity index (χ1n) is 6.62. The van der Waals surface area contributed by atoms with Gasteiger partial charge in [0, 0.05) is 25.7 Å². The van der Waals surface area contributed by atoms with Crippen molar-refractivity contribution in [2.45, 2.75) is 32.4 Å². The number of benzene rings is 1. The zero-order chi connectivity index (χ0) is 13.6. The summed E-state index contributed by atoms with van der Waals surface area (Å²) >= 11 is 0. The van der Waals surface area contributed by atoms with Crippen LogP contribution in [0.15, 0.2) is 30.3 Å². The van der Waals surface area contributed by atoms with Crippen LogP contribution in [0, 0.1) is 0 Å². The van der Waals surface area contributed by atoms with Crippen LogP contribution < -0.4 is 5.32 Å². The molecule has 0 saturated heterocycles. The van der Waals surface area contributed by atoms with E-state index in [1.165, 1.54) is 0 Å². The second-order valence-electron chi connectivity index (χ2n) is 5.39. The second-order valence-corrected chi connectivity index (χ2v) is 5.39. The van der Waals surface area contributed by atoms with Crippen molar-refractivity contribution in [3.63, 3.8) is 0 Å². The van der Waals surface area contributed by atoms with E-state index in [1.807, 2.05) is 37.3 Å². The molecule has 0 aliphatic carbocycles. The van der Waals surface area contributed by atoms with E-state index in [0.29, 0.717) is 12.6 Å². The quantitative estimate of drug-likeness (QED) is 0.725. The molecule has 0 bridgehead atoms. The Morgan fingerprint density at radius 2 is 1.89 bits per heavy atom. The van der Waals surface area contributed by atoms with Gasteiger partial charge in [-0.3, -0.25) is 0 Å². The molecule has 3 heteroatoms. The minimum atomic E-state index is -0.808. The van der Waals surface area contributed by atoms with E-state index in [0.717, 1.165) is 18.7 Å². The van der Waals surface area contributed by atoms with Gasteiger partial charge in [-0.1, -0.05) is 30.3 Å². The number of hydrogen-bond donors (Lipinski definition) is 2. The van der Waals surface area contributed by atoms with Gasteiger partial charge in [0.15, 0.2) is 0 Å². The highest BCUT2D eigenvalue weighted by molar-refractivity contribution is 5.21. The molecule has 1 unspecified atom stereocenters. The molecule has 0 aliphatic heterocycles. The van der Waals surface area contributed by atoms with Crippen LogP contribution in [0.25, 0.3) is 0 Å². The molecule has 1 aromatic rings. The molecule has 0 fully saturated rings. The van der Waals surface area contributed by atoms with Crippen LogP contribution in [0.2, 0.25) is 0 Å². The molecule has 0 aromatic heterocycles. The Morgan fingerprint density at radius 1 is 1.28 bits per heavy atom. The van der Waals surface area contributed by atoms with Gasteiger partial charge in [-0.05, 0) is 33.4 Å². The van der Waals surface area contributed by atoms with Crippen LogP contribution in [0.4, 0.5) is 0 Å². The third kappa shape index (κ3) is 4.77. The SMILES string of the molecule is CC(C)N(C)CCNCC(C)(O)c1ccccc1. The summed E-state index contributed by atoms with van der Waals surface area (Å²) in [5.74, 6) is 0. The zero-order valence-corrected chi connectivity index (χ0v) is 12.0. The molecule has 0 amide bonds. The second kappa shape index (κ2) is 6.88. The predicted octanol–water partition coefficient (Wildman–Crippen LogP) is 1.82. The standard InChI is InChI=1S/C15H26N2O/c1-13(2)17(4)11-10-16-12-15(3,18)14-8-6-5-7-9-14/h5-9,13,16,18H,10-12H2,1-4H3. The molecule has 2 N–H and O–H groups in total. The summed E-state index contributed by atoms with van der Waals surface area (Å²) in [6.07, 6.45) is 0. The number of nitrogens with one attached hydrogen (secondary N) is 1.